The van der Waals surface area contributed by atoms with E-state index in [1.807, 2.05) is 93.6 Å². The highest BCUT2D eigenvalue weighted by Gasteiger charge is 2.86. The Balaban J connectivity index is 1.67. The SMILES string of the molecule is COC(=O)[C@@H]1[C@@H](c2ccccc2)[C@]2(c3ccc(C)cc3)Oc3cc(C)cc(C)c3[C@@]23N=C(c2cccnc2)N[C@@]13O. The van der Waals surface area contributed by atoms with E-state index < -0.39 is 34.7 Å². The van der Waals surface area contributed by atoms with Crippen molar-refractivity contribution >= 4 is 11.8 Å². The van der Waals surface area contributed by atoms with E-state index in [4.69, 9.17) is 14.5 Å². The van der Waals surface area contributed by atoms with Crippen LogP contribution in [-0.4, -0.2) is 34.7 Å². The number of rotatable bonds is 4. The zero-order valence-corrected chi connectivity index (χ0v) is 23.4. The van der Waals surface area contributed by atoms with Gasteiger partial charge in [-0.25, -0.2) is 4.99 Å². The molecule has 0 amide bonds. The number of carbonyl (C=O) groups is 1. The van der Waals surface area contributed by atoms with Crippen molar-refractivity contribution in [2.75, 3.05) is 7.11 Å². The molecule has 0 saturated heterocycles. The third-order valence-electron chi connectivity index (χ3n) is 9.00. The highest BCUT2D eigenvalue weighted by Crippen LogP contribution is 2.74. The first-order valence-corrected chi connectivity index (χ1v) is 13.8. The molecule has 2 aliphatic heterocycles. The van der Waals surface area contributed by atoms with Crippen LogP contribution in [-0.2, 0) is 20.7 Å². The minimum Gasteiger partial charge on any atom is -0.478 e. The van der Waals surface area contributed by atoms with E-state index in [0.29, 0.717) is 17.1 Å². The van der Waals surface area contributed by atoms with Gasteiger partial charge in [0.15, 0.2) is 16.9 Å². The van der Waals surface area contributed by atoms with Crippen LogP contribution in [0.15, 0.2) is 96.2 Å². The number of hydrogen-bond donors (Lipinski definition) is 2. The van der Waals surface area contributed by atoms with Crippen LogP contribution < -0.4 is 10.1 Å². The highest BCUT2D eigenvalue weighted by atomic mass is 16.5. The van der Waals surface area contributed by atoms with E-state index in [9.17, 15) is 9.90 Å². The van der Waals surface area contributed by atoms with Crippen LogP contribution in [0.25, 0.3) is 0 Å². The summed E-state index contributed by atoms with van der Waals surface area (Å²) in [5.74, 6) is -1.21. The number of methoxy groups -OCH3 is 1. The van der Waals surface area contributed by atoms with Gasteiger partial charge in [0.05, 0.1) is 7.11 Å². The number of benzene rings is 3. The van der Waals surface area contributed by atoms with Crippen LogP contribution in [0.4, 0.5) is 0 Å². The Labute approximate surface area is 238 Å². The van der Waals surface area contributed by atoms with Crippen molar-refractivity contribution < 1.29 is 19.4 Å². The number of amidine groups is 1. The number of esters is 1. The number of hydrogen-bond acceptors (Lipinski definition) is 7. The minimum absolute atomic E-state index is 0.439. The molecule has 41 heavy (non-hydrogen) atoms. The largest absolute Gasteiger partial charge is 0.478 e. The summed E-state index contributed by atoms with van der Waals surface area (Å²) in [5.41, 5.74) is 1.46. The van der Waals surface area contributed by atoms with Crippen molar-refractivity contribution in [1.82, 2.24) is 10.3 Å². The molecule has 3 aliphatic rings. The summed E-state index contributed by atoms with van der Waals surface area (Å²) in [6.45, 7) is 6.06. The lowest BCUT2D eigenvalue weighted by atomic mass is 9.68. The van der Waals surface area contributed by atoms with Crippen molar-refractivity contribution in [3.63, 3.8) is 0 Å². The van der Waals surface area contributed by atoms with Gasteiger partial charge in [0.2, 0.25) is 0 Å². The Kier molecular flexibility index (Phi) is 5.44. The Morgan fingerprint density at radius 3 is 2.41 bits per heavy atom. The normalized spacial score (nSPS) is 29.0. The van der Waals surface area contributed by atoms with Gasteiger partial charge in [0.1, 0.15) is 17.5 Å². The molecule has 1 aliphatic carbocycles. The van der Waals surface area contributed by atoms with Crippen molar-refractivity contribution in [1.29, 1.82) is 0 Å². The molecular weight excluding hydrogens is 514 g/mol. The molecule has 1 saturated carbocycles. The molecule has 206 valence electrons. The van der Waals surface area contributed by atoms with E-state index in [2.05, 4.69) is 16.4 Å². The van der Waals surface area contributed by atoms with Crippen LogP contribution in [0.1, 0.15) is 44.9 Å². The summed E-state index contributed by atoms with van der Waals surface area (Å²) in [5, 5.41) is 16.6. The lowest BCUT2D eigenvalue weighted by Gasteiger charge is -2.42. The molecule has 5 atom stereocenters. The number of aliphatic imine (C=N–C) groups is 1. The fourth-order valence-corrected chi connectivity index (χ4v) is 7.55. The standard InChI is InChI=1S/C34H31N3O4/c1-20-12-14-25(15-13-20)32-28(23-9-6-5-7-10-23)29(31(38)40-4)34(39)33(32,27-22(3)17-21(2)18-26(27)41-32)36-30(37-34)24-11-8-16-35-19-24/h5-19,28-29,39H,1-4H3,(H,36,37)/t28-,29+,32+,33-,34-/m1/s1. The van der Waals surface area contributed by atoms with E-state index in [0.717, 1.165) is 33.4 Å². The van der Waals surface area contributed by atoms with Gasteiger partial charge in [-0.05, 0) is 61.2 Å². The van der Waals surface area contributed by atoms with Gasteiger partial charge in [-0.15, -0.1) is 0 Å². The Hall–Kier alpha value is -4.49. The van der Waals surface area contributed by atoms with E-state index in [1.165, 1.54) is 7.11 Å². The summed E-state index contributed by atoms with van der Waals surface area (Å²) in [6, 6.07) is 25.7. The van der Waals surface area contributed by atoms with Gasteiger partial charge in [0.25, 0.3) is 0 Å². The summed E-state index contributed by atoms with van der Waals surface area (Å²) in [7, 11) is 1.36. The molecule has 7 nitrogen and oxygen atoms in total. The number of aliphatic hydroxyl groups is 1. The first-order chi connectivity index (χ1) is 19.8. The number of aromatic nitrogens is 1. The first-order valence-electron chi connectivity index (χ1n) is 13.8. The summed E-state index contributed by atoms with van der Waals surface area (Å²) >= 11 is 0. The maximum absolute atomic E-state index is 14.0. The third kappa shape index (κ3) is 3.15. The number of fused-ring (bicyclic) bond motifs is 1. The summed E-state index contributed by atoms with van der Waals surface area (Å²) in [4.78, 5) is 23.7. The molecule has 7 rings (SSSR count). The molecule has 3 heterocycles. The van der Waals surface area contributed by atoms with Gasteiger partial charge >= 0.3 is 5.97 Å². The molecule has 2 N–H and O–H groups in total. The number of nitrogens with one attached hydrogen (secondary N) is 1. The molecule has 4 aromatic rings. The smallest absolute Gasteiger partial charge is 0.314 e. The summed E-state index contributed by atoms with van der Waals surface area (Å²) in [6.07, 6.45) is 3.38. The monoisotopic (exact) mass is 545 g/mol. The second kappa shape index (κ2) is 8.75. The Morgan fingerprint density at radius 1 is 0.976 bits per heavy atom. The highest BCUT2D eigenvalue weighted by molar-refractivity contribution is 6.02. The lowest BCUT2D eigenvalue weighted by molar-refractivity contribution is -0.158. The zero-order chi connectivity index (χ0) is 28.6. The lowest BCUT2D eigenvalue weighted by Crippen LogP contribution is -2.62. The number of ether oxygens (including phenoxy) is 2. The van der Waals surface area contributed by atoms with Crippen LogP contribution in [0.2, 0.25) is 0 Å². The van der Waals surface area contributed by atoms with E-state index in [-0.39, 0.29) is 0 Å². The first kappa shape index (κ1) is 25.5. The van der Waals surface area contributed by atoms with E-state index >= 15 is 0 Å². The number of aryl methyl sites for hydroxylation is 3. The Morgan fingerprint density at radius 2 is 1.73 bits per heavy atom. The predicted molar refractivity (Wildman–Crippen MR) is 155 cm³/mol. The van der Waals surface area contributed by atoms with Crippen LogP contribution in [0, 0.1) is 26.7 Å². The summed E-state index contributed by atoms with van der Waals surface area (Å²) < 4.78 is 12.7. The van der Waals surface area contributed by atoms with Gasteiger partial charge in [-0.2, -0.15) is 0 Å². The minimum atomic E-state index is -1.91. The average Bonchev–Trinajstić information content (AvgIpc) is 3.51. The fourth-order valence-electron chi connectivity index (χ4n) is 7.55. The maximum Gasteiger partial charge on any atom is 0.314 e. The Bertz CT molecular complexity index is 1710. The molecule has 1 spiro atoms. The molecule has 0 unspecified atom stereocenters. The van der Waals surface area contributed by atoms with Crippen LogP contribution >= 0.6 is 0 Å². The maximum atomic E-state index is 14.0. The second-order valence-electron chi connectivity index (χ2n) is 11.4. The topological polar surface area (TPSA) is 93.0 Å². The number of nitrogens with zero attached hydrogens (tertiary/aromatic N) is 2. The predicted octanol–water partition coefficient (Wildman–Crippen LogP) is 4.82. The van der Waals surface area contributed by atoms with Crippen LogP contribution in [0.3, 0.4) is 0 Å². The number of pyridine rings is 1. The van der Waals surface area contributed by atoms with E-state index in [1.54, 1.807) is 12.4 Å². The molecule has 0 radical (unpaired) electrons. The average molecular weight is 546 g/mol. The fraction of sp³-hybridized carbons (Fsp3) is 0.265. The van der Waals surface area contributed by atoms with Crippen LogP contribution in [0.5, 0.6) is 5.75 Å². The molecule has 1 aromatic heterocycles. The molecule has 7 heteroatoms. The molecule has 3 aromatic carbocycles. The van der Waals surface area contributed by atoms with Crippen molar-refractivity contribution in [2.24, 2.45) is 10.9 Å². The van der Waals surface area contributed by atoms with Crippen molar-refractivity contribution in [2.45, 2.75) is 43.6 Å². The van der Waals surface area contributed by atoms with Gasteiger partial charge < -0.3 is 19.9 Å². The second-order valence-corrected chi connectivity index (χ2v) is 11.4. The quantitative estimate of drug-likeness (QED) is 0.358. The van der Waals surface area contributed by atoms with Gasteiger partial charge in [-0.1, -0.05) is 66.2 Å². The van der Waals surface area contributed by atoms with Crippen molar-refractivity contribution in [3.8, 4) is 5.75 Å². The zero-order valence-electron chi connectivity index (χ0n) is 23.4. The molecule has 0 bridgehead atoms. The third-order valence-corrected chi connectivity index (χ3v) is 9.00. The van der Waals surface area contributed by atoms with Crippen molar-refractivity contribution in [3.05, 3.63) is 130 Å². The van der Waals surface area contributed by atoms with Gasteiger partial charge in [0, 0.05) is 29.4 Å². The molecular formula is C34H31N3O4. The van der Waals surface area contributed by atoms with Gasteiger partial charge in [-0.3, -0.25) is 9.78 Å². The number of carbonyl (C=O) groups excluding carboxylic acids is 1. The molecule has 1 fully saturated rings.